The van der Waals surface area contributed by atoms with Gasteiger partial charge in [-0.15, -0.1) is 5.10 Å². The van der Waals surface area contributed by atoms with Crippen molar-refractivity contribution in [1.29, 1.82) is 0 Å². The van der Waals surface area contributed by atoms with Crippen molar-refractivity contribution in [2.45, 2.75) is 26.4 Å². The van der Waals surface area contributed by atoms with Crippen LogP contribution >= 0.6 is 16.1 Å². The number of aromatic nitrogens is 2. The Kier molecular flexibility index (Phi) is 5.01. The minimum atomic E-state index is -0.183. The number of nitrogens with zero attached hydrogens (tertiary/aromatic N) is 2. The molecular formula is C15H18BrN3O2. The van der Waals surface area contributed by atoms with E-state index in [1.165, 1.54) is 0 Å². The number of ether oxygens (including phenoxy) is 1. The van der Waals surface area contributed by atoms with E-state index in [0.717, 1.165) is 11.1 Å². The maximum atomic E-state index is 12.0. The summed E-state index contributed by atoms with van der Waals surface area (Å²) < 4.78 is 9.88. The Bertz CT molecular complexity index is 638. The number of carbonyl (C=O) groups excluding carboxylic acids is 1. The van der Waals surface area contributed by atoms with Crippen LogP contribution in [0.15, 0.2) is 30.5 Å². The quantitative estimate of drug-likeness (QED) is 0.841. The lowest BCUT2D eigenvalue weighted by atomic mass is 9.93. The SMILES string of the molecule is CC(C)c1cccc(C(=O)NBr)c1COc1ccn(C)n1. The Labute approximate surface area is 132 Å². The number of halogens is 1. The van der Waals surface area contributed by atoms with Gasteiger partial charge in [0.15, 0.2) is 0 Å². The average Bonchev–Trinajstić information content (AvgIpc) is 2.89. The van der Waals surface area contributed by atoms with Crippen molar-refractivity contribution in [3.63, 3.8) is 0 Å². The van der Waals surface area contributed by atoms with Crippen molar-refractivity contribution in [2.75, 3.05) is 0 Å². The van der Waals surface area contributed by atoms with Crippen LogP contribution in [-0.2, 0) is 13.7 Å². The van der Waals surface area contributed by atoms with Gasteiger partial charge in [0.25, 0.3) is 5.91 Å². The van der Waals surface area contributed by atoms with E-state index in [2.05, 4.69) is 39.4 Å². The molecule has 0 aliphatic heterocycles. The summed E-state index contributed by atoms with van der Waals surface area (Å²) in [7, 11) is 1.83. The van der Waals surface area contributed by atoms with E-state index in [9.17, 15) is 4.79 Å². The highest BCUT2D eigenvalue weighted by molar-refractivity contribution is 9.08. The molecule has 112 valence electrons. The van der Waals surface area contributed by atoms with Crippen molar-refractivity contribution in [3.05, 3.63) is 47.2 Å². The molecule has 6 heteroatoms. The summed E-state index contributed by atoms with van der Waals surface area (Å²) in [5, 5.41) is 4.18. The molecule has 1 N–H and O–H groups in total. The fourth-order valence-electron chi connectivity index (χ4n) is 2.19. The van der Waals surface area contributed by atoms with E-state index in [1.54, 1.807) is 16.8 Å². The highest BCUT2D eigenvalue weighted by atomic mass is 79.9. The van der Waals surface area contributed by atoms with Crippen LogP contribution in [0.5, 0.6) is 5.88 Å². The number of nitrogens with one attached hydrogen (secondary N) is 1. The second-order valence-electron chi connectivity index (χ2n) is 5.07. The van der Waals surface area contributed by atoms with E-state index < -0.39 is 0 Å². The van der Waals surface area contributed by atoms with E-state index in [0.29, 0.717) is 24.0 Å². The number of amides is 1. The first kappa shape index (κ1) is 15.6. The Hall–Kier alpha value is -1.82. The van der Waals surface area contributed by atoms with Crippen LogP contribution in [0.2, 0.25) is 0 Å². The zero-order valence-corrected chi connectivity index (χ0v) is 13.8. The van der Waals surface area contributed by atoms with Gasteiger partial charge >= 0.3 is 0 Å². The van der Waals surface area contributed by atoms with Crippen LogP contribution in [0.25, 0.3) is 0 Å². The zero-order valence-electron chi connectivity index (χ0n) is 12.3. The maximum Gasteiger partial charge on any atom is 0.261 e. The Morgan fingerprint density at radius 2 is 2.19 bits per heavy atom. The molecule has 1 heterocycles. The average molecular weight is 352 g/mol. The van der Waals surface area contributed by atoms with Crippen molar-refractivity contribution in [3.8, 4) is 5.88 Å². The number of hydrogen-bond acceptors (Lipinski definition) is 3. The van der Waals surface area contributed by atoms with Crippen molar-refractivity contribution in [2.24, 2.45) is 7.05 Å². The molecule has 1 aromatic carbocycles. The van der Waals surface area contributed by atoms with E-state index in [1.807, 2.05) is 25.4 Å². The second-order valence-corrected chi connectivity index (χ2v) is 5.46. The van der Waals surface area contributed by atoms with E-state index in [4.69, 9.17) is 4.74 Å². The lowest BCUT2D eigenvalue weighted by Crippen LogP contribution is -2.17. The highest BCUT2D eigenvalue weighted by Crippen LogP contribution is 2.24. The summed E-state index contributed by atoms with van der Waals surface area (Å²) in [6.07, 6.45) is 1.82. The predicted molar refractivity (Wildman–Crippen MR) is 84.5 cm³/mol. The topological polar surface area (TPSA) is 56.1 Å². The summed E-state index contributed by atoms with van der Waals surface area (Å²) in [4.78, 5) is 12.0. The molecule has 0 fully saturated rings. The van der Waals surface area contributed by atoms with Gasteiger partial charge in [0.05, 0.1) is 0 Å². The number of aryl methyl sites for hydroxylation is 1. The van der Waals surface area contributed by atoms with E-state index >= 15 is 0 Å². The Balaban J connectivity index is 2.32. The predicted octanol–water partition coefficient (Wildman–Crippen LogP) is 3.16. The molecule has 0 spiro atoms. The largest absolute Gasteiger partial charge is 0.472 e. The second kappa shape index (κ2) is 6.76. The molecular weight excluding hydrogens is 334 g/mol. The van der Waals surface area contributed by atoms with Gasteiger partial charge in [0.1, 0.15) is 6.61 Å². The van der Waals surface area contributed by atoms with Gasteiger partial charge in [-0.3, -0.25) is 13.8 Å². The first-order valence-electron chi connectivity index (χ1n) is 6.68. The fraction of sp³-hybridized carbons (Fsp3) is 0.333. The lowest BCUT2D eigenvalue weighted by molar-refractivity contribution is 0.0984. The molecule has 1 amide bonds. The van der Waals surface area contributed by atoms with Gasteiger partial charge in [-0.1, -0.05) is 26.0 Å². The molecule has 2 rings (SSSR count). The summed E-state index contributed by atoms with van der Waals surface area (Å²) >= 11 is 2.99. The van der Waals surface area contributed by atoms with Crippen molar-refractivity contribution < 1.29 is 9.53 Å². The number of rotatable bonds is 5. The van der Waals surface area contributed by atoms with Crippen LogP contribution in [0.1, 0.15) is 41.3 Å². The molecule has 5 nitrogen and oxygen atoms in total. The van der Waals surface area contributed by atoms with Gasteiger partial charge in [0.2, 0.25) is 5.88 Å². The fourth-order valence-corrected chi connectivity index (χ4v) is 2.40. The maximum absolute atomic E-state index is 12.0. The molecule has 0 aliphatic carbocycles. The van der Waals surface area contributed by atoms with Gasteiger partial charge < -0.3 is 4.74 Å². The normalized spacial score (nSPS) is 10.7. The third-order valence-corrected chi connectivity index (χ3v) is 3.58. The number of benzene rings is 1. The molecule has 0 aliphatic rings. The van der Waals surface area contributed by atoms with Crippen LogP contribution < -0.4 is 9.08 Å². The summed E-state index contributed by atoms with van der Waals surface area (Å²) in [6, 6.07) is 7.49. The number of carbonyl (C=O) groups is 1. The summed E-state index contributed by atoms with van der Waals surface area (Å²) in [5.74, 6) is 0.661. The molecule has 1 aromatic heterocycles. The Morgan fingerprint density at radius 3 is 2.76 bits per heavy atom. The molecule has 2 aromatic rings. The first-order chi connectivity index (χ1) is 10.0. The third-order valence-electron chi connectivity index (χ3n) is 3.22. The summed E-state index contributed by atoms with van der Waals surface area (Å²) in [6.45, 7) is 4.49. The van der Waals surface area contributed by atoms with Crippen molar-refractivity contribution in [1.82, 2.24) is 14.1 Å². The van der Waals surface area contributed by atoms with Crippen LogP contribution in [0.4, 0.5) is 0 Å². The molecule has 0 atom stereocenters. The minimum absolute atomic E-state index is 0.183. The lowest BCUT2D eigenvalue weighted by Gasteiger charge is -2.16. The first-order valence-corrected chi connectivity index (χ1v) is 7.47. The summed E-state index contributed by atoms with van der Waals surface area (Å²) in [5.41, 5.74) is 2.59. The van der Waals surface area contributed by atoms with Crippen molar-refractivity contribution >= 4 is 22.1 Å². The molecule has 21 heavy (non-hydrogen) atoms. The molecule has 0 saturated heterocycles. The van der Waals surface area contributed by atoms with Gasteiger partial charge in [0, 0.05) is 46.6 Å². The van der Waals surface area contributed by atoms with Crippen LogP contribution in [-0.4, -0.2) is 15.7 Å². The monoisotopic (exact) mass is 351 g/mol. The standard InChI is InChI=1S/C15H18BrN3O2/c1-10(2)11-5-4-6-12(15(20)17-16)13(11)9-21-14-7-8-19(3)18-14/h4-8,10H,9H2,1-3H3,(H,17,20). The van der Waals surface area contributed by atoms with E-state index in [-0.39, 0.29) is 5.91 Å². The molecule has 0 radical (unpaired) electrons. The Morgan fingerprint density at radius 1 is 1.43 bits per heavy atom. The molecule has 0 bridgehead atoms. The van der Waals surface area contributed by atoms with Crippen LogP contribution in [0.3, 0.4) is 0 Å². The number of hydrogen-bond donors (Lipinski definition) is 1. The third kappa shape index (κ3) is 3.64. The zero-order chi connectivity index (χ0) is 15.4. The molecule has 0 unspecified atom stereocenters. The highest BCUT2D eigenvalue weighted by Gasteiger charge is 2.17. The van der Waals surface area contributed by atoms with Gasteiger partial charge in [-0.05, 0) is 17.5 Å². The van der Waals surface area contributed by atoms with Crippen LogP contribution in [0, 0.1) is 0 Å². The minimum Gasteiger partial charge on any atom is -0.472 e. The molecule has 0 saturated carbocycles. The van der Waals surface area contributed by atoms with Gasteiger partial charge in [-0.2, -0.15) is 0 Å². The smallest absolute Gasteiger partial charge is 0.261 e. The van der Waals surface area contributed by atoms with Gasteiger partial charge in [-0.25, -0.2) is 0 Å².